The van der Waals surface area contributed by atoms with Gasteiger partial charge in [-0.15, -0.1) is 0 Å². The molecule has 1 heterocycles. The number of esters is 1. The second-order valence-corrected chi connectivity index (χ2v) is 3.69. The van der Waals surface area contributed by atoms with E-state index in [0.29, 0.717) is 12.0 Å². The molecule has 0 aliphatic rings. The van der Waals surface area contributed by atoms with Crippen molar-refractivity contribution in [3.05, 3.63) is 35.5 Å². The molecule has 0 fully saturated rings. The van der Waals surface area contributed by atoms with Gasteiger partial charge in [-0.2, -0.15) is 0 Å². The van der Waals surface area contributed by atoms with Crippen LogP contribution in [0.25, 0.3) is 10.9 Å². The van der Waals surface area contributed by atoms with Gasteiger partial charge in [0.15, 0.2) is 17.3 Å². The molecule has 0 saturated heterocycles. The molecule has 1 aromatic heterocycles. The molecule has 4 nitrogen and oxygen atoms in total. The molecule has 19 heavy (non-hydrogen) atoms. The summed E-state index contributed by atoms with van der Waals surface area (Å²) in [4.78, 5) is 15.2. The summed E-state index contributed by atoms with van der Waals surface area (Å²) in [7, 11) is 1.18. The molecule has 0 bridgehead atoms. The van der Waals surface area contributed by atoms with Crippen LogP contribution >= 0.6 is 0 Å². The Morgan fingerprint density at radius 2 is 2.11 bits per heavy atom. The number of benzene rings is 1. The van der Waals surface area contributed by atoms with Crippen LogP contribution in [-0.2, 0) is 4.74 Å². The number of aromatic nitrogens is 1. The molecule has 0 unspecified atom stereocenters. The third-order valence-corrected chi connectivity index (χ3v) is 2.53. The van der Waals surface area contributed by atoms with Gasteiger partial charge in [-0.25, -0.2) is 18.6 Å². The molecule has 0 aliphatic carbocycles. The lowest BCUT2D eigenvalue weighted by Gasteiger charge is -2.10. The zero-order chi connectivity index (χ0) is 14.0. The summed E-state index contributed by atoms with van der Waals surface area (Å²) in [6.07, 6.45) is 0. The van der Waals surface area contributed by atoms with Gasteiger partial charge >= 0.3 is 5.97 Å². The third kappa shape index (κ3) is 2.33. The lowest BCUT2D eigenvalue weighted by molar-refractivity contribution is 0.0594. The van der Waals surface area contributed by atoms with Crippen molar-refractivity contribution >= 4 is 16.9 Å². The summed E-state index contributed by atoms with van der Waals surface area (Å²) < 4.78 is 36.8. The average molecular weight is 267 g/mol. The van der Waals surface area contributed by atoms with Crippen molar-refractivity contribution in [2.24, 2.45) is 0 Å². The first-order chi connectivity index (χ1) is 9.08. The van der Waals surface area contributed by atoms with Crippen LogP contribution in [0.4, 0.5) is 8.78 Å². The quantitative estimate of drug-likeness (QED) is 0.802. The van der Waals surface area contributed by atoms with Crippen molar-refractivity contribution in [3.63, 3.8) is 0 Å². The highest BCUT2D eigenvalue weighted by molar-refractivity contribution is 5.94. The Morgan fingerprint density at radius 3 is 2.74 bits per heavy atom. The molecule has 0 saturated carbocycles. The Balaban J connectivity index is 2.76. The number of hydrogen-bond acceptors (Lipinski definition) is 4. The van der Waals surface area contributed by atoms with Gasteiger partial charge in [0.1, 0.15) is 11.3 Å². The van der Waals surface area contributed by atoms with Gasteiger partial charge in [-0.1, -0.05) is 0 Å². The van der Waals surface area contributed by atoms with E-state index in [1.807, 2.05) is 0 Å². The van der Waals surface area contributed by atoms with Crippen molar-refractivity contribution in [1.29, 1.82) is 0 Å². The van der Waals surface area contributed by atoms with Crippen LogP contribution in [0.2, 0.25) is 0 Å². The Kier molecular flexibility index (Phi) is 3.59. The SMILES string of the molecule is CCOc1cc(C(=O)OC)nc2c(F)c(F)ccc12. The molecular formula is C13H11F2NO3. The number of hydrogen-bond donors (Lipinski definition) is 0. The van der Waals surface area contributed by atoms with Crippen LogP contribution in [0.1, 0.15) is 17.4 Å². The molecule has 0 aliphatic heterocycles. The van der Waals surface area contributed by atoms with Crippen LogP contribution in [0.15, 0.2) is 18.2 Å². The van der Waals surface area contributed by atoms with E-state index < -0.39 is 17.6 Å². The van der Waals surface area contributed by atoms with Crippen molar-refractivity contribution in [1.82, 2.24) is 4.98 Å². The Bertz CT molecular complexity index is 643. The number of halogens is 2. The minimum atomic E-state index is -1.12. The first kappa shape index (κ1) is 13.2. The average Bonchev–Trinajstić information content (AvgIpc) is 2.42. The predicted molar refractivity (Wildman–Crippen MR) is 64.2 cm³/mol. The molecule has 0 atom stereocenters. The van der Waals surface area contributed by atoms with E-state index in [9.17, 15) is 13.6 Å². The molecule has 100 valence electrons. The molecule has 0 spiro atoms. The Morgan fingerprint density at radius 1 is 1.37 bits per heavy atom. The maximum Gasteiger partial charge on any atom is 0.356 e. The fourth-order valence-electron chi connectivity index (χ4n) is 1.69. The van der Waals surface area contributed by atoms with E-state index in [2.05, 4.69) is 9.72 Å². The monoisotopic (exact) mass is 267 g/mol. The van der Waals surface area contributed by atoms with E-state index in [4.69, 9.17) is 4.74 Å². The lowest BCUT2D eigenvalue weighted by atomic mass is 10.1. The molecule has 0 amide bonds. The maximum absolute atomic E-state index is 13.7. The Hall–Kier alpha value is -2.24. The highest BCUT2D eigenvalue weighted by atomic mass is 19.2. The third-order valence-electron chi connectivity index (χ3n) is 2.53. The standard InChI is InChI=1S/C13H11F2NO3/c1-3-19-10-6-9(13(17)18-2)16-12-7(10)4-5-8(14)11(12)15/h4-6H,3H2,1-2H3. The fourth-order valence-corrected chi connectivity index (χ4v) is 1.69. The molecule has 2 aromatic rings. The van der Waals surface area contributed by atoms with Crippen LogP contribution in [0, 0.1) is 11.6 Å². The van der Waals surface area contributed by atoms with Gasteiger partial charge in [0.2, 0.25) is 0 Å². The minimum Gasteiger partial charge on any atom is -0.493 e. The largest absolute Gasteiger partial charge is 0.493 e. The van der Waals surface area contributed by atoms with Gasteiger partial charge < -0.3 is 9.47 Å². The van der Waals surface area contributed by atoms with E-state index in [0.717, 1.165) is 6.07 Å². The van der Waals surface area contributed by atoms with Crippen LogP contribution in [0.5, 0.6) is 5.75 Å². The summed E-state index contributed by atoms with van der Waals surface area (Å²) in [6, 6.07) is 3.68. The molecule has 6 heteroatoms. The van der Waals surface area contributed by atoms with Gasteiger partial charge in [0.05, 0.1) is 13.7 Å². The second kappa shape index (κ2) is 5.17. The highest BCUT2D eigenvalue weighted by Crippen LogP contribution is 2.28. The number of pyridine rings is 1. The minimum absolute atomic E-state index is 0.136. The smallest absolute Gasteiger partial charge is 0.356 e. The highest BCUT2D eigenvalue weighted by Gasteiger charge is 2.17. The topological polar surface area (TPSA) is 48.4 Å². The van der Waals surface area contributed by atoms with Gasteiger partial charge in [0, 0.05) is 11.5 Å². The number of carbonyl (C=O) groups is 1. The molecule has 0 N–H and O–H groups in total. The zero-order valence-electron chi connectivity index (χ0n) is 10.4. The summed E-state index contributed by atoms with van der Waals surface area (Å²) in [5.41, 5.74) is -0.394. The van der Waals surface area contributed by atoms with Crippen LogP contribution in [0.3, 0.4) is 0 Å². The number of carbonyl (C=O) groups excluding carboxylic acids is 1. The van der Waals surface area contributed by atoms with Gasteiger partial charge in [0.25, 0.3) is 0 Å². The van der Waals surface area contributed by atoms with E-state index in [1.54, 1.807) is 6.92 Å². The molecule has 2 rings (SSSR count). The number of nitrogens with zero attached hydrogens (tertiary/aromatic N) is 1. The van der Waals surface area contributed by atoms with Crippen LogP contribution in [-0.4, -0.2) is 24.7 Å². The summed E-state index contributed by atoms with van der Waals surface area (Å²) in [5, 5.41) is 0.299. The van der Waals surface area contributed by atoms with Crippen molar-refractivity contribution < 1.29 is 23.0 Å². The maximum atomic E-state index is 13.7. The van der Waals surface area contributed by atoms with Crippen LogP contribution < -0.4 is 4.74 Å². The van der Waals surface area contributed by atoms with Crippen molar-refractivity contribution in [3.8, 4) is 5.75 Å². The van der Waals surface area contributed by atoms with Crippen molar-refractivity contribution in [2.75, 3.05) is 13.7 Å². The summed E-state index contributed by atoms with van der Waals surface area (Å²) >= 11 is 0. The number of methoxy groups -OCH3 is 1. The lowest BCUT2D eigenvalue weighted by Crippen LogP contribution is -2.07. The normalized spacial score (nSPS) is 10.5. The molecule has 0 radical (unpaired) electrons. The first-order valence-electron chi connectivity index (χ1n) is 5.58. The summed E-state index contributed by atoms with van der Waals surface area (Å²) in [6.45, 7) is 2.06. The van der Waals surface area contributed by atoms with Gasteiger partial charge in [-0.05, 0) is 19.1 Å². The van der Waals surface area contributed by atoms with E-state index >= 15 is 0 Å². The van der Waals surface area contributed by atoms with E-state index in [1.165, 1.54) is 19.2 Å². The first-order valence-corrected chi connectivity index (χ1v) is 5.58. The number of ether oxygens (including phenoxy) is 2. The van der Waals surface area contributed by atoms with Crippen molar-refractivity contribution in [2.45, 2.75) is 6.92 Å². The zero-order valence-corrected chi connectivity index (χ0v) is 10.4. The van der Waals surface area contributed by atoms with Gasteiger partial charge in [-0.3, -0.25) is 0 Å². The number of rotatable bonds is 3. The Labute approximate surface area is 108 Å². The molecule has 1 aromatic carbocycles. The molecular weight excluding hydrogens is 256 g/mol. The fraction of sp³-hybridized carbons (Fsp3) is 0.231. The predicted octanol–water partition coefficient (Wildman–Crippen LogP) is 2.70. The number of fused-ring (bicyclic) bond motifs is 1. The summed E-state index contributed by atoms with van der Waals surface area (Å²) in [5.74, 6) is -2.65. The van der Waals surface area contributed by atoms with E-state index in [-0.39, 0.29) is 17.0 Å². The second-order valence-electron chi connectivity index (χ2n) is 3.69.